The van der Waals surface area contributed by atoms with Crippen LogP contribution < -0.4 is 0 Å². The molecule has 0 aliphatic heterocycles. The second-order valence-electron chi connectivity index (χ2n) is 5.90. The van der Waals surface area contributed by atoms with E-state index in [1.54, 1.807) is 0 Å². The van der Waals surface area contributed by atoms with Crippen LogP contribution in [0.1, 0.15) is 60.3 Å². The number of allylic oxidation sites excluding steroid dienone is 2. The van der Waals surface area contributed by atoms with E-state index in [9.17, 15) is 4.79 Å². The molecule has 0 aromatic rings. The van der Waals surface area contributed by atoms with Crippen molar-refractivity contribution in [1.29, 1.82) is 0 Å². The van der Waals surface area contributed by atoms with Crippen LogP contribution in [0.5, 0.6) is 0 Å². The molecule has 0 unspecified atom stereocenters. The first-order chi connectivity index (χ1) is 7.83. The van der Waals surface area contributed by atoms with Gasteiger partial charge in [0.15, 0.2) is 0 Å². The van der Waals surface area contributed by atoms with E-state index in [1.807, 2.05) is 0 Å². The number of carbonyl (C=O) groups is 1. The topological polar surface area (TPSA) is 26.3 Å². The highest BCUT2D eigenvalue weighted by Gasteiger charge is 2.53. The number of hydrogen-bond acceptors (Lipinski definition) is 2. The number of hydrogen-bond donors (Lipinski definition) is 0. The molecule has 98 valence electrons. The van der Waals surface area contributed by atoms with Gasteiger partial charge >= 0.3 is 5.97 Å². The maximum Gasteiger partial charge on any atom is 0.303 e. The predicted octanol–water partition coefficient (Wildman–Crippen LogP) is 4.10. The Morgan fingerprint density at radius 2 is 2.00 bits per heavy atom. The minimum Gasteiger partial charge on any atom is -0.459 e. The smallest absolute Gasteiger partial charge is 0.303 e. The molecule has 1 fully saturated rings. The third kappa shape index (κ3) is 2.91. The van der Waals surface area contributed by atoms with Crippen LogP contribution in [0.3, 0.4) is 0 Å². The average Bonchev–Trinajstić information content (AvgIpc) is 2.40. The van der Waals surface area contributed by atoms with Crippen LogP contribution in [0.2, 0.25) is 0 Å². The molecule has 1 aliphatic carbocycles. The fraction of sp³-hybridized carbons (Fsp3) is 0.800. The summed E-state index contributed by atoms with van der Waals surface area (Å²) in [5.74, 6) is 0.444. The predicted molar refractivity (Wildman–Crippen MR) is 70.7 cm³/mol. The van der Waals surface area contributed by atoms with E-state index in [2.05, 4.69) is 39.8 Å². The van der Waals surface area contributed by atoms with E-state index in [4.69, 9.17) is 4.74 Å². The van der Waals surface area contributed by atoms with Gasteiger partial charge in [0.05, 0.1) is 0 Å². The Labute approximate surface area is 105 Å². The van der Waals surface area contributed by atoms with E-state index < -0.39 is 0 Å². The Morgan fingerprint density at radius 3 is 2.53 bits per heavy atom. The summed E-state index contributed by atoms with van der Waals surface area (Å²) in [6, 6.07) is 0. The van der Waals surface area contributed by atoms with E-state index in [1.165, 1.54) is 6.92 Å². The van der Waals surface area contributed by atoms with E-state index >= 15 is 0 Å². The van der Waals surface area contributed by atoms with Crippen LogP contribution in [0.4, 0.5) is 0 Å². The highest BCUT2D eigenvalue weighted by molar-refractivity contribution is 5.66. The number of carbonyl (C=O) groups excluding carboxylic acids is 1. The van der Waals surface area contributed by atoms with Gasteiger partial charge in [0.1, 0.15) is 5.60 Å². The summed E-state index contributed by atoms with van der Waals surface area (Å²) < 4.78 is 5.59. The van der Waals surface area contributed by atoms with Crippen molar-refractivity contribution < 1.29 is 9.53 Å². The molecule has 2 nitrogen and oxygen atoms in total. The third-order valence-corrected chi connectivity index (χ3v) is 4.55. The first-order valence-electron chi connectivity index (χ1n) is 6.68. The molecule has 2 heteroatoms. The molecule has 0 aromatic carbocycles. The lowest BCUT2D eigenvalue weighted by Gasteiger charge is -2.40. The SMILES string of the molecule is CCC=CC[C@@H]1CC[C@@](C)(OC(C)=O)C1(C)C. The monoisotopic (exact) mass is 238 g/mol. The van der Waals surface area contributed by atoms with Gasteiger partial charge in [-0.05, 0) is 38.5 Å². The minimum absolute atomic E-state index is 0.0523. The number of ether oxygens (including phenoxy) is 1. The summed E-state index contributed by atoms with van der Waals surface area (Å²) in [6.07, 6.45) is 8.80. The van der Waals surface area contributed by atoms with Crippen LogP contribution in [0, 0.1) is 11.3 Å². The molecule has 17 heavy (non-hydrogen) atoms. The van der Waals surface area contributed by atoms with Gasteiger partial charge in [-0.3, -0.25) is 4.79 Å². The minimum atomic E-state index is -0.302. The van der Waals surface area contributed by atoms with Crippen molar-refractivity contribution in [2.75, 3.05) is 0 Å². The Balaban J connectivity index is 2.74. The van der Waals surface area contributed by atoms with Gasteiger partial charge in [-0.25, -0.2) is 0 Å². The lowest BCUT2D eigenvalue weighted by Crippen LogP contribution is -2.43. The van der Waals surface area contributed by atoms with Crippen molar-refractivity contribution in [3.8, 4) is 0 Å². The fourth-order valence-electron chi connectivity index (χ4n) is 2.90. The standard InChI is InChI=1S/C15H26O2/c1-6-7-8-9-13-10-11-15(5,14(13,3)4)17-12(2)16/h7-8,13H,6,9-11H2,1-5H3/t13-,15-/m1/s1. The molecule has 0 heterocycles. The molecule has 0 aromatic heterocycles. The number of esters is 1. The quantitative estimate of drug-likeness (QED) is 0.544. The van der Waals surface area contributed by atoms with Gasteiger partial charge in [-0.2, -0.15) is 0 Å². The maximum absolute atomic E-state index is 11.2. The molecule has 0 radical (unpaired) electrons. The summed E-state index contributed by atoms with van der Waals surface area (Å²) in [5, 5.41) is 0. The van der Waals surface area contributed by atoms with E-state index in [0.29, 0.717) is 5.92 Å². The van der Waals surface area contributed by atoms with Gasteiger partial charge in [-0.15, -0.1) is 0 Å². The van der Waals surface area contributed by atoms with Crippen molar-refractivity contribution in [1.82, 2.24) is 0 Å². The van der Waals surface area contributed by atoms with Gasteiger partial charge in [0, 0.05) is 12.3 Å². The maximum atomic E-state index is 11.2. The third-order valence-electron chi connectivity index (χ3n) is 4.55. The van der Waals surface area contributed by atoms with Gasteiger partial charge in [0.2, 0.25) is 0 Å². The lowest BCUT2D eigenvalue weighted by atomic mass is 9.72. The van der Waals surface area contributed by atoms with E-state index in [-0.39, 0.29) is 17.0 Å². The zero-order chi connectivity index (χ0) is 13.1. The highest BCUT2D eigenvalue weighted by atomic mass is 16.6. The summed E-state index contributed by atoms with van der Waals surface area (Å²) in [4.78, 5) is 11.2. The van der Waals surface area contributed by atoms with Crippen LogP contribution in [-0.2, 0) is 9.53 Å². The molecular weight excluding hydrogens is 212 g/mol. The molecule has 1 aliphatic rings. The van der Waals surface area contributed by atoms with Crippen molar-refractivity contribution in [3.05, 3.63) is 12.2 Å². The first-order valence-corrected chi connectivity index (χ1v) is 6.68. The van der Waals surface area contributed by atoms with Crippen molar-refractivity contribution in [3.63, 3.8) is 0 Å². The van der Waals surface area contributed by atoms with E-state index in [0.717, 1.165) is 25.7 Å². The zero-order valence-corrected chi connectivity index (χ0v) is 11.9. The molecule has 0 bridgehead atoms. The Hall–Kier alpha value is -0.790. The van der Waals surface area contributed by atoms with Crippen LogP contribution in [-0.4, -0.2) is 11.6 Å². The molecule has 0 N–H and O–H groups in total. The summed E-state index contributed by atoms with van der Waals surface area (Å²) in [6.45, 7) is 10.2. The van der Waals surface area contributed by atoms with Crippen LogP contribution in [0.15, 0.2) is 12.2 Å². The molecular formula is C15H26O2. The second kappa shape index (κ2) is 5.24. The lowest BCUT2D eigenvalue weighted by molar-refractivity contribution is -0.166. The number of rotatable bonds is 4. The van der Waals surface area contributed by atoms with Crippen LogP contribution >= 0.6 is 0 Å². The second-order valence-corrected chi connectivity index (χ2v) is 5.90. The fourth-order valence-corrected chi connectivity index (χ4v) is 2.90. The molecule has 1 saturated carbocycles. The summed E-state index contributed by atoms with van der Waals surface area (Å²) in [5.41, 5.74) is -0.250. The molecule has 0 spiro atoms. The summed E-state index contributed by atoms with van der Waals surface area (Å²) >= 11 is 0. The molecule has 0 amide bonds. The largest absolute Gasteiger partial charge is 0.459 e. The van der Waals surface area contributed by atoms with Gasteiger partial charge < -0.3 is 4.74 Å². The van der Waals surface area contributed by atoms with Crippen molar-refractivity contribution >= 4 is 5.97 Å². The van der Waals surface area contributed by atoms with Crippen LogP contribution in [0.25, 0.3) is 0 Å². The van der Waals surface area contributed by atoms with Crippen molar-refractivity contribution in [2.45, 2.75) is 65.9 Å². The van der Waals surface area contributed by atoms with Gasteiger partial charge in [0.25, 0.3) is 0 Å². The Morgan fingerprint density at radius 1 is 1.35 bits per heavy atom. The summed E-state index contributed by atoms with van der Waals surface area (Å²) in [7, 11) is 0. The highest BCUT2D eigenvalue weighted by Crippen LogP contribution is 2.53. The molecule has 0 saturated heterocycles. The average molecular weight is 238 g/mol. The molecule has 1 rings (SSSR count). The Kier molecular flexibility index (Phi) is 4.40. The zero-order valence-electron chi connectivity index (χ0n) is 11.9. The Bertz CT molecular complexity index is 304. The van der Waals surface area contributed by atoms with Crippen molar-refractivity contribution in [2.24, 2.45) is 11.3 Å². The molecule has 2 atom stereocenters. The van der Waals surface area contributed by atoms with Gasteiger partial charge in [-0.1, -0.05) is 32.9 Å². The first kappa shape index (κ1) is 14.3. The normalized spacial score (nSPS) is 31.9.